The van der Waals surface area contributed by atoms with Crippen molar-refractivity contribution in [1.82, 2.24) is 0 Å². The van der Waals surface area contributed by atoms with Crippen LogP contribution in [-0.2, 0) is 18.9 Å². The lowest BCUT2D eigenvalue weighted by Gasteiger charge is -2.43. The smallest absolute Gasteiger partial charge is 0.184 e. The van der Waals surface area contributed by atoms with Gasteiger partial charge < -0.3 is 29.2 Å². The molecule has 0 aromatic carbocycles. The summed E-state index contributed by atoms with van der Waals surface area (Å²) >= 11 is 0. The van der Waals surface area contributed by atoms with Crippen LogP contribution in [-0.4, -0.2) is 67.3 Å². The maximum Gasteiger partial charge on any atom is 0.184 e. The molecule has 0 aromatic heterocycles. The maximum absolute atomic E-state index is 10.0. The third kappa shape index (κ3) is 5.03. The molecule has 1 saturated heterocycles. The molecular formula is C15H24O6. The molecular weight excluding hydrogens is 276 g/mol. The third-order valence-electron chi connectivity index (χ3n) is 3.01. The van der Waals surface area contributed by atoms with Crippen molar-refractivity contribution >= 4 is 0 Å². The highest BCUT2D eigenvalue weighted by molar-refractivity contribution is 4.93. The summed E-state index contributed by atoms with van der Waals surface area (Å²) in [5.41, 5.74) is 0. The average Bonchev–Trinajstić information content (AvgIpc) is 2.50. The number of hydrogen-bond donors (Lipinski definition) is 2. The van der Waals surface area contributed by atoms with Gasteiger partial charge in [-0.15, -0.1) is 19.7 Å². The summed E-state index contributed by atoms with van der Waals surface area (Å²) in [5, 5.41) is 19.4. The minimum atomic E-state index is -1.22. The Labute approximate surface area is 125 Å². The van der Waals surface area contributed by atoms with Crippen molar-refractivity contribution in [2.75, 3.05) is 26.4 Å². The fraction of sp³-hybridized carbons (Fsp3) is 0.600. The van der Waals surface area contributed by atoms with Gasteiger partial charge in [0.15, 0.2) is 6.29 Å². The molecule has 0 aliphatic carbocycles. The fourth-order valence-electron chi connectivity index (χ4n) is 2.15. The second-order valence-corrected chi connectivity index (χ2v) is 4.51. The second kappa shape index (κ2) is 9.83. The van der Waals surface area contributed by atoms with E-state index >= 15 is 0 Å². The van der Waals surface area contributed by atoms with Crippen LogP contribution in [0.3, 0.4) is 0 Å². The van der Waals surface area contributed by atoms with E-state index in [1.54, 1.807) is 18.2 Å². The van der Waals surface area contributed by atoms with Gasteiger partial charge in [0.1, 0.15) is 24.4 Å². The van der Waals surface area contributed by atoms with Gasteiger partial charge in [0.25, 0.3) is 0 Å². The van der Waals surface area contributed by atoms with E-state index in [9.17, 15) is 10.2 Å². The Morgan fingerprint density at radius 3 is 1.81 bits per heavy atom. The summed E-state index contributed by atoms with van der Waals surface area (Å²) in [4.78, 5) is 0. The lowest BCUT2D eigenvalue weighted by atomic mass is 9.98. The molecule has 2 N–H and O–H groups in total. The van der Waals surface area contributed by atoms with Gasteiger partial charge in [-0.05, 0) is 0 Å². The van der Waals surface area contributed by atoms with E-state index in [-0.39, 0.29) is 26.4 Å². The molecule has 1 fully saturated rings. The van der Waals surface area contributed by atoms with Crippen LogP contribution in [0.1, 0.15) is 0 Å². The minimum Gasteiger partial charge on any atom is -0.394 e. The molecule has 1 aliphatic heterocycles. The molecule has 6 heteroatoms. The third-order valence-corrected chi connectivity index (χ3v) is 3.01. The number of rotatable bonds is 10. The van der Waals surface area contributed by atoms with Crippen LogP contribution in [0.25, 0.3) is 0 Å². The molecule has 1 rings (SSSR count). The molecule has 0 bridgehead atoms. The summed E-state index contributed by atoms with van der Waals surface area (Å²) in [6.07, 6.45) is 0.859. The van der Waals surface area contributed by atoms with Gasteiger partial charge in [0.2, 0.25) is 0 Å². The largest absolute Gasteiger partial charge is 0.394 e. The van der Waals surface area contributed by atoms with E-state index in [1.807, 2.05) is 0 Å². The van der Waals surface area contributed by atoms with Gasteiger partial charge in [-0.3, -0.25) is 0 Å². The number of hydrogen-bond acceptors (Lipinski definition) is 6. The molecule has 120 valence electrons. The highest BCUT2D eigenvalue weighted by Gasteiger charge is 2.47. The lowest BCUT2D eigenvalue weighted by molar-refractivity contribution is -0.306. The molecule has 0 saturated carbocycles. The van der Waals surface area contributed by atoms with Crippen LogP contribution in [0.2, 0.25) is 0 Å². The van der Waals surface area contributed by atoms with Crippen molar-refractivity contribution < 1.29 is 29.2 Å². The second-order valence-electron chi connectivity index (χ2n) is 4.51. The number of aliphatic hydroxyl groups excluding tert-OH is 2. The Bertz CT molecular complexity index is 332. The Morgan fingerprint density at radius 1 is 0.857 bits per heavy atom. The molecule has 1 aliphatic rings. The molecule has 6 nitrogen and oxygen atoms in total. The summed E-state index contributed by atoms with van der Waals surface area (Å²) in [6, 6.07) is 0. The molecule has 21 heavy (non-hydrogen) atoms. The van der Waals surface area contributed by atoms with Gasteiger partial charge in [-0.2, -0.15) is 0 Å². The number of ether oxygens (including phenoxy) is 4. The van der Waals surface area contributed by atoms with Crippen LogP contribution >= 0.6 is 0 Å². The van der Waals surface area contributed by atoms with Crippen LogP contribution in [0.4, 0.5) is 0 Å². The molecule has 0 radical (unpaired) electrons. The van der Waals surface area contributed by atoms with Crippen molar-refractivity contribution in [3.8, 4) is 0 Å². The molecule has 0 spiro atoms. The summed E-state index contributed by atoms with van der Waals surface area (Å²) in [6.45, 7) is 11.2. The van der Waals surface area contributed by atoms with Crippen LogP contribution in [0.15, 0.2) is 38.0 Å². The highest BCUT2D eigenvalue weighted by Crippen LogP contribution is 2.27. The van der Waals surface area contributed by atoms with Gasteiger partial charge in [-0.25, -0.2) is 0 Å². The first kappa shape index (κ1) is 18.0. The van der Waals surface area contributed by atoms with E-state index in [0.29, 0.717) is 0 Å². The van der Waals surface area contributed by atoms with Crippen LogP contribution in [0.5, 0.6) is 0 Å². The standard InChI is InChI=1S/C15H24O6/c1-4-7-18-12-11(10-16)21-15(17)14(20-9-6-3)13(12)19-8-5-2/h4-6,11-17H,1-3,7-10H2/t11-,12+,13+,14-,15+/m1/s1. The fourth-order valence-corrected chi connectivity index (χ4v) is 2.15. The Balaban J connectivity index is 2.90. The van der Waals surface area contributed by atoms with Gasteiger partial charge in [0.05, 0.1) is 26.4 Å². The molecule has 1 heterocycles. The predicted molar refractivity (Wildman–Crippen MR) is 77.8 cm³/mol. The maximum atomic E-state index is 10.0. The minimum absolute atomic E-state index is 0.233. The molecule has 5 atom stereocenters. The van der Waals surface area contributed by atoms with Gasteiger partial charge in [0, 0.05) is 0 Å². The van der Waals surface area contributed by atoms with Crippen LogP contribution in [0, 0.1) is 0 Å². The van der Waals surface area contributed by atoms with E-state index in [0.717, 1.165) is 0 Å². The summed E-state index contributed by atoms with van der Waals surface area (Å²) < 4.78 is 22.2. The van der Waals surface area contributed by atoms with Crippen molar-refractivity contribution in [3.05, 3.63) is 38.0 Å². The van der Waals surface area contributed by atoms with Crippen molar-refractivity contribution in [2.45, 2.75) is 30.7 Å². The summed E-state index contributed by atoms with van der Waals surface area (Å²) in [7, 11) is 0. The SMILES string of the molecule is C=CCO[C@@H]1[C@@H](OCC=C)[C@@H](O)O[C@H](CO)[C@@H]1OCC=C. The van der Waals surface area contributed by atoms with E-state index in [4.69, 9.17) is 18.9 Å². The first-order valence-electron chi connectivity index (χ1n) is 6.81. The Hall–Kier alpha value is -1.02. The summed E-state index contributed by atoms with van der Waals surface area (Å²) in [5.74, 6) is 0. The molecule has 0 amide bonds. The Morgan fingerprint density at radius 2 is 1.33 bits per heavy atom. The van der Waals surface area contributed by atoms with Crippen molar-refractivity contribution in [2.24, 2.45) is 0 Å². The average molecular weight is 300 g/mol. The van der Waals surface area contributed by atoms with Gasteiger partial charge >= 0.3 is 0 Å². The zero-order valence-corrected chi connectivity index (χ0v) is 12.1. The normalized spacial score (nSPS) is 32.6. The predicted octanol–water partition coefficient (Wildman–Crippen LogP) is 0.410. The quantitative estimate of drug-likeness (QED) is 0.569. The van der Waals surface area contributed by atoms with Crippen LogP contribution < -0.4 is 0 Å². The topological polar surface area (TPSA) is 77.4 Å². The Kier molecular flexibility index (Phi) is 8.44. The molecule has 0 aromatic rings. The highest BCUT2D eigenvalue weighted by atomic mass is 16.7. The van der Waals surface area contributed by atoms with Crippen molar-refractivity contribution in [3.63, 3.8) is 0 Å². The lowest BCUT2D eigenvalue weighted by Crippen LogP contribution is -2.61. The van der Waals surface area contributed by atoms with E-state index in [2.05, 4.69) is 19.7 Å². The van der Waals surface area contributed by atoms with Gasteiger partial charge in [-0.1, -0.05) is 18.2 Å². The molecule has 0 unspecified atom stereocenters. The zero-order valence-electron chi connectivity index (χ0n) is 12.1. The zero-order chi connectivity index (χ0) is 15.7. The number of aliphatic hydroxyl groups is 2. The first-order chi connectivity index (χ1) is 10.2. The monoisotopic (exact) mass is 300 g/mol. The van der Waals surface area contributed by atoms with E-state index < -0.39 is 30.7 Å². The van der Waals surface area contributed by atoms with E-state index in [1.165, 1.54) is 0 Å². The first-order valence-corrected chi connectivity index (χ1v) is 6.81. The van der Waals surface area contributed by atoms with Crippen molar-refractivity contribution in [1.29, 1.82) is 0 Å².